The molecule has 1 atom stereocenters. The summed E-state index contributed by atoms with van der Waals surface area (Å²) in [6.45, 7) is 30.3. The summed E-state index contributed by atoms with van der Waals surface area (Å²) in [4.78, 5) is 0. The standard InChI is InChI=1S/C30H39F3O/c1-11-12-13-14-15-23(6)29(32)30(33)27(10)22(5)17-16-21(4)26(9)28(31)18-24(7)25(8)19-34-20(2)3/h11-12,16-18,20,25H,4-7,9-10,13-15,19H2,1-3,8H3/b12-11-,17-16-,28-18+,30-29-. The predicted molar refractivity (Wildman–Crippen MR) is 141 cm³/mol. The van der Waals surface area contributed by atoms with E-state index < -0.39 is 17.5 Å². The highest BCUT2D eigenvalue weighted by atomic mass is 19.2. The van der Waals surface area contributed by atoms with E-state index in [0.717, 1.165) is 6.42 Å². The average Bonchev–Trinajstić information content (AvgIpc) is 2.80. The highest BCUT2D eigenvalue weighted by Gasteiger charge is 2.15. The summed E-state index contributed by atoms with van der Waals surface area (Å²) >= 11 is 0. The highest BCUT2D eigenvalue weighted by molar-refractivity contribution is 5.53. The van der Waals surface area contributed by atoms with E-state index >= 15 is 0 Å². The number of halogens is 3. The van der Waals surface area contributed by atoms with E-state index in [0.29, 0.717) is 25.0 Å². The lowest BCUT2D eigenvalue weighted by Gasteiger charge is -2.15. The van der Waals surface area contributed by atoms with Crippen molar-refractivity contribution in [2.45, 2.75) is 53.1 Å². The van der Waals surface area contributed by atoms with Gasteiger partial charge in [0.25, 0.3) is 0 Å². The molecule has 186 valence electrons. The van der Waals surface area contributed by atoms with Gasteiger partial charge >= 0.3 is 0 Å². The third-order valence-electron chi connectivity index (χ3n) is 5.03. The van der Waals surface area contributed by atoms with Crippen molar-refractivity contribution in [2.24, 2.45) is 5.92 Å². The zero-order chi connectivity index (χ0) is 26.4. The SMILES string of the molecule is C=C(/C=C\C(=C)C(=C)/C(F)=C\C(=C)C(C)COC(C)C)C(=C)/C(F)=C(/F)C(=C)CCC/C=C\C. The molecule has 0 aromatic rings. The Labute approximate surface area is 204 Å². The van der Waals surface area contributed by atoms with Gasteiger partial charge in [0.1, 0.15) is 5.83 Å². The van der Waals surface area contributed by atoms with Crippen molar-refractivity contribution < 1.29 is 17.9 Å². The fraction of sp³-hybridized carbons (Fsp3) is 0.333. The van der Waals surface area contributed by atoms with E-state index in [2.05, 4.69) is 39.5 Å². The van der Waals surface area contributed by atoms with Gasteiger partial charge in [-0.25, -0.2) is 13.2 Å². The zero-order valence-corrected chi connectivity index (χ0v) is 21.2. The minimum atomic E-state index is -1.12. The maximum absolute atomic E-state index is 14.6. The zero-order valence-electron chi connectivity index (χ0n) is 21.2. The lowest BCUT2D eigenvalue weighted by Crippen LogP contribution is -2.12. The Morgan fingerprint density at radius 2 is 1.41 bits per heavy atom. The number of unbranched alkanes of at least 4 members (excludes halogenated alkanes) is 1. The minimum absolute atomic E-state index is 0.0458. The molecule has 0 bridgehead atoms. The molecule has 0 aliphatic rings. The third kappa shape index (κ3) is 11.3. The Morgan fingerprint density at radius 1 is 0.853 bits per heavy atom. The molecule has 0 N–H and O–H groups in total. The normalized spacial score (nSPS) is 13.8. The molecule has 0 heterocycles. The van der Waals surface area contributed by atoms with Crippen LogP contribution in [-0.4, -0.2) is 12.7 Å². The monoisotopic (exact) mass is 472 g/mol. The summed E-state index contributed by atoms with van der Waals surface area (Å²) < 4.78 is 49.0. The highest BCUT2D eigenvalue weighted by Crippen LogP contribution is 2.29. The first-order valence-corrected chi connectivity index (χ1v) is 11.3. The first-order valence-electron chi connectivity index (χ1n) is 11.3. The fourth-order valence-electron chi connectivity index (χ4n) is 2.53. The minimum Gasteiger partial charge on any atom is -0.378 e. The maximum Gasteiger partial charge on any atom is 0.166 e. The molecule has 1 nitrogen and oxygen atoms in total. The molecule has 0 amide bonds. The van der Waals surface area contributed by atoms with E-state index in [9.17, 15) is 13.2 Å². The molecule has 0 aliphatic heterocycles. The number of hydrogen-bond acceptors (Lipinski definition) is 1. The van der Waals surface area contributed by atoms with Crippen LogP contribution in [-0.2, 0) is 4.74 Å². The number of hydrogen-bond donors (Lipinski definition) is 0. The van der Waals surface area contributed by atoms with Gasteiger partial charge in [0.2, 0.25) is 0 Å². The molecule has 0 fully saturated rings. The lowest BCUT2D eigenvalue weighted by molar-refractivity contribution is 0.0633. The summed E-state index contributed by atoms with van der Waals surface area (Å²) in [5.74, 6) is -2.82. The molecule has 34 heavy (non-hydrogen) atoms. The van der Waals surface area contributed by atoms with Gasteiger partial charge in [-0.2, -0.15) is 0 Å². The van der Waals surface area contributed by atoms with Crippen LogP contribution in [0.1, 0.15) is 47.0 Å². The maximum atomic E-state index is 14.6. The largest absolute Gasteiger partial charge is 0.378 e. The molecule has 0 saturated carbocycles. The number of rotatable bonds is 16. The Balaban J connectivity index is 5.12. The van der Waals surface area contributed by atoms with Crippen molar-refractivity contribution in [1.29, 1.82) is 0 Å². The molecule has 0 radical (unpaired) electrons. The fourth-order valence-corrected chi connectivity index (χ4v) is 2.53. The summed E-state index contributed by atoms with van der Waals surface area (Å²) in [6.07, 6.45) is 9.78. The Bertz CT molecular complexity index is 923. The first-order chi connectivity index (χ1) is 15.8. The van der Waals surface area contributed by atoms with Gasteiger partial charge in [-0.05, 0) is 68.4 Å². The van der Waals surface area contributed by atoms with Crippen molar-refractivity contribution >= 4 is 0 Å². The Kier molecular flexibility index (Phi) is 14.6. The van der Waals surface area contributed by atoms with Gasteiger partial charge in [-0.3, -0.25) is 0 Å². The van der Waals surface area contributed by atoms with Crippen LogP contribution in [0.3, 0.4) is 0 Å². The summed E-state index contributed by atoms with van der Waals surface area (Å²) in [6, 6.07) is 0. The lowest BCUT2D eigenvalue weighted by atomic mass is 9.99. The second-order valence-electron chi connectivity index (χ2n) is 8.38. The van der Waals surface area contributed by atoms with Gasteiger partial charge in [0.15, 0.2) is 11.7 Å². The van der Waals surface area contributed by atoms with Crippen LogP contribution in [0.5, 0.6) is 0 Å². The Morgan fingerprint density at radius 3 is 1.94 bits per heavy atom. The topological polar surface area (TPSA) is 9.23 Å². The van der Waals surface area contributed by atoms with Crippen LogP contribution < -0.4 is 0 Å². The van der Waals surface area contributed by atoms with Gasteiger partial charge in [-0.15, -0.1) is 0 Å². The van der Waals surface area contributed by atoms with E-state index in [-0.39, 0.29) is 39.9 Å². The van der Waals surface area contributed by atoms with Crippen LogP contribution in [0.25, 0.3) is 0 Å². The van der Waals surface area contributed by atoms with Crippen molar-refractivity contribution in [3.8, 4) is 0 Å². The second kappa shape index (κ2) is 15.9. The van der Waals surface area contributed by atoms with Crippen molar-refractivity contribution in [1.82, 2.24) is 0 Å². The van der Waals surface area contributed by atoms with Crippen LogP contribution in [0, 0.1) is 5.92 Å². The second-order valence-corrected chi connectivity index (χ2v) is 8.38. The molecule has 0 spiro atoms. The molecule has 0 saturated heterocycles. The summed E-state index contributed by atoms with van der Waals surface area (Å²) in [5.41, 5.74) is 0.826. The van der Waals surface area contributed by atoms with E-state index in [4.69, 9.17) is 4.74 Å². The predicted octanol–water partition coefficient (Wildman–Crippen LogP) is 9.69. The van der Waals surface area contributed by atoms with Crippen molar-refractivity contribution in [3.63, 3.8) is 0 Å². The summed E-state index contributed by atoms with van der Waals surface area (Å²) in [5, 5.41) is 0. The average molecular weight is 473 g/mol. The molecule has 1 unspecified atom stereocenters. The van der Waals surface area contributed by atoms with E-state index in [1.165, 1.54) is 18.2 Å². The van der Waals surface area contributed by atoms with Crippen molar-refractivity contribution in [3.05, 3.63) is 121 Å². The van der Waals surface area contributed by atoms with Gasteiger partial charge in [-0.1, -0.05) is 70.7 Å². The van der Waals surface area contributed by atoms with Gasteiger partial charge < -0.3 is 4.74 Å². The summed E-state index contributed by atoms with van der Waals surface area (Å²) in [7, 11) is 0. The molecule has 0 aromatic heterocycles. The van der Waals surface area contributed by atoms with Gasteiger partial charge in [0.05, 0.1) is 12.7 Å². The third-order valence-corrected chi connectivity index (χ3v) is 5.03. The molecule has 0 aliphatic carbocycles. The van der Waals surface area contributed by atoms with Crippen LogP contribution in [0.2, 0.25) is 0 Å². The van der Waals surface area contributed by atoms with Crippen LogP contribution >= 0.6 is 0 Å². The van der Waals surface area contributed by atoms with Crippen LogP contribution in [0.4, 0.5) is 13.2 Å². The van der Waals surface area contributed by atoms with Crippen molar-refractivity contribution in [2.75, 3.05) is 6.61 Å². The first kappa shape index (κ1) is 31.1. The number of ether oxygens (including phenoxy) is 1. The quantitative estimate of drug-likeness (QED) is 0.123. The molecule has 0 aromatic carbocycles. The molecular formula is C30H39F3O. The van der Waals surface area contributed by atoms with E-state index in [1.807, 2.05) is 39.8 Å². The van der Waals surface area contributed by atoms with Crippen LogP contribution in [0.15, 0.2) is 121 Å². The Hall–Kier alpha value is -2.85. The molecular weight excluding hydrogens is 433 g/mol. The van der Waals surface area contributed by atoms with Gasteiger partial charge in [0, 0.05) is 17.1 Å². The van der Waals surface area contributed by atoms with E-state index in [1.54, 1.807) is 0 Å². The smallest absolute Gasteiger partial charge is 0.166 e. The molecule has 0 rings (SSSR count). The molecule has 4 heteroatoms. The number of allylic oxidation sites excluding steroid dienone is 13.